The number of ether oxygens (including phenoxy) is 3. The van der Waals surface area contributed by atoms with Crippen LogP contribution in [0.25, 0.3) is 0 Å². The van der Waals surface area contributed by atoms with Gasteiger partial charge in [-0.3, -0.25) is 4.79 Å². The molecule has 254 valence electrons. The summed E-state index contributed by atoms with van der Waals surface area (Å²) >= 11 is 0. The van der Waals surface area contributed by atoms with E-state index in [1.165, 1.54) is 58.3 Å². The lowest BCUT2D eigenvalue weighted by Crippen LogP contribution is -2.74. The highest BCUT2D eigenvalue weighted by Crippen LogP contribution is 2.65. The number of rotatable bonds is 18. The Labute approximate surface area is 275 Å². The number of unbranched alkanes of at least 4 members (excludes halogenated alkanes) is 11. The van der Waals surface area contributed by atoms with E-state index in [1.807, 2.05) is 13.1 Å². The molecule has 0 saturated carbocycles. The molecule has 1 aromatic carbocycles. The van der Waals surface area contributed by atoms with Crippen LogP contribution in [0.1, 0.15) is 128 Å². The number of allylic oxidation sites excluding steroid dienone is 2. The van der Waals surface area contributed by atoms with Crippen LogP contribution < -0.4 is 4.74 Å². The molecule has 5 rings (SSSR count). The van der Waals surface area contributed by atoms with Crippen molar-refractivity contribution in [3.63, 3.8) is 0 Å². The number of benzene rings is 1. The van der Waals surface area contributed by atoms with Crippen molar-refractivity contribution in [2.45, 2.75) is 152 Å². The maximum atomic E-state index is 13.1. The molecule has 0 aromatic heterocycles. The maximum Gasteiger partial charge on any atom is 0.352 e. The average molecular weight is 638 g/mol. The lowest BCUT2D eigenvalue weighted by Gasteiger charge is -2.61. The first-order chi connectivity index (χ1) is 22.2. The molecule has 1 aromatic rings. The number of aliphatic hydroxyl groups is 1. The van der Waals surface area contributed by atoms with E-state index in [2.05, 4.69) is 24.0 Å². The number of phenolic OH excluding ortho intramolecular Hbond substituents is 1. The molecule has 2 aliphatic carbocycles. The molecule has 5 atom stereocenters. The van der Waals surface area contributed by atoms with Crippen LogP contribution in [0.3, 0.4) is 0 Å². The van der Waals surface area contributed by atoms with Crippen molar-refractivity contribution in [3.8, 4) is 11.5 Å². The Morgan fingerprint density at radius 1 is 1.04 bits per heavy atom. The molecule has 1 fully saturated rings. The summed E-state index contributed by atoms with van der Waals surface area (Å²) in [6, 6.07) is 3.42. The molecule has 0 amide bonds. The highest BCUT2D eigenvalue weighted by molar-refractivity contribution is 5.80. The lowest BCUT2D eigenvalue weighted by molar-refractivity contribution is -0.175. The van der Waals surface area contributed by atoms with Crippen molar-refractivity contribution in [1.29, 1.82) is 0 Å². The number of nitrogens with zero attached hydrogens (tertiary/aromatic N) is 1. The zero-order chi connectivity index (χ0) is 32.7. The van der Waals surface area contributed by atoms with E-state index in [-0.39, 0.29) is 18.2 Å². The number of likely N-dealkylation sites (N-methyl/N-ethyl adjacent to an activating group) is 1. The molecule has 0 radical (unpaired) electrons. The first kappa shape index (κ1) is 34.5. The van der Waals surface area contributed by atoms with E-state index in [0.29, 0.717) is 30.8 Å². The zero-order valence-corrected chi connectivity index (χ0v) is 28.2. The van der Waals surface area contributed by atoms with Gasteiger partial charge in [-0.15, -0.1) is 0 Å². The molecule has 2 N–H and O–H groups in total. The van der Waals surface area contributed by atoms with Gasteiger partial charge in [0.25, 0.3) is 0 Å². The minimum atomic E-state index is -1.13. The minimum absolute atomic E-state index is 0.0193. The van der Waals surface area contributed by atoms with Crippen LogP contribution in [0.5, 0.6) is 11.5 Å². The van der Waals surface area contributed by atoms with E-state index in [0.717, 1.165) is 49.8 Å². The number of phenols is 1. The summed E-state index contributed by atoms with van der Waals surface area (Å²) in [6.07, 6.45) is 21.8. The van der Waals surface area contributed by atoms with Gasteiger partial charge in [-0.2, -0.15) is 0 Å². The fourth-order valence-electron chi connectivity index (χ4n) is 8.28. The standard InChI is InChI=1S/C38H55NO7/c1-4-5-6-7-8-9-10-11-12-13-14-15-16-17-18-19-32(41)44-27(2)36(42)45-30-22-23-38(43)31-26-28-20-21-29(40)34-33(28)37(38,35(30)46-34)24-25-39(31)3/h11-12,20-22,27,31,35,40,43H,4-10,13-19,23-26H2,1-3H3/b12-11-/t27-,31+,35-,37-,38+/m0/s1. The van der Waals surface area contributed by atoms with Crippen molar-refractivity contribution in [1.82, 2.24) is 4.90 Å². The van der Waals surface area contributed by atoms with Crippen LogP contribution in [0.2, 0.25) is 0 Å². The second kappa shape index (κ2) is 15.4. The van der Waals surface area contributed by atoms with Gasteiger partial charge in [-0.25, -0.2) is 4.79 Å². The van der Waals surface area contributed by atoms with Gasteiger partial charge in [0.15, 0.2) is 23.7 Å². The summed E-state index contributed by atoms with van der Waals surface area (Å²) in [4.78, 5) is 27.8. The third kappa shape index (κ3) is 6.89. The van der Waals surface area contributed by atoms with Crippen molar-refractivity contribution in [2.75, 3.05) is 13.6 Å². The maximum absolute atomic E-state index is 13.1. The Morgan fingerprint density at radius 2 is 1.72 bits per heavy atom. The van der Waals surface area contributed by atoms with Gasteiger partial charge in [0.2, 0.25) is 0 Å². The van der Waals surface area contributed by atoms with E-state index >= 15 is 0 Å². The number of piperidine rings is 1. The van der Waals surface area contributed by atoms with Crippen LogP contribution in [0.15, 0.2) is 36.1 Å². The molecule has 2 aliphatic heterocycles. The molecule has 1 saturated heterocycles. The summed E-state index contributed by atoms with van der Waals surface area (Å²) in [5, 5.41) is 22.9. The van der Waals surface area contributed by atoms with Gasteiger partial charge in [0.05, 0.1) is 11.0 Å². The van der Waals surface area contributed by atoms with Crippen molar-refractivity contribution >= 4 is 11.9 Å². The Bertz CT molecular complexity index is 1290. The van der Waals surface area contributed by atoms with E-state index in [9.17, 15) is 19.8 Å². The predicted molar refractivity (Wildman–Crippen MR) is 178 cm³/mol. The number of hydrogen-bond acceptors (Lipinski definition) is 8. The molecule has 8 heteroatoms. The lowest BCUT2D eigenvalue weighted by atomic mass is 9.50. The number of esters is 2. The summed E-state index contributed by atoms with van der Waals surface area (Å²) in [7, 11) is 2.03. The van der Waals surface area contributed by atoms with Gasteiger partial charge >= 0.3 is 11.9 Å². The van der Waals surface area contributed by atoms with Gasteiger partial charge in [-0.05, 0) is 83.2 Å². The normalized spacial score (nSPS) is 26.7. The molecular formula is C38H55NO7. The second-order valence-corrected chi connectivity index (χ2v) is 14.0. The Kier molecular flexibility index (Phi) is 11.5. The molecule has 1 spiro atoms. The summed E-state index contributed by atoms with van der Waals surface area (Å²) < 4.78 is 17.6. The molecule has 4 aliphatic rings. The highest BCUT2D eigenvalue weighted by atomic mass is 16.6. The van der Waals surface area contributed by atoms with Crippen LogP contribution >= 0.6 is 0 Å². The van der Waals surface area contributed by atoms with E-state index in [4.69, 9.17) is 14.2 Å². The fraction of sp³-hybridized carbons (Fsp3) is 0.684. The molecular weight excluding hydrogens is 582 g/mol. The van der Waals surface area contributed by atoms with Gasteiger partial charge in [0.1, 0.15) is 5.76 Å². The van der Waals surface area contributed by atoms with Crippen LogP contribution in [-0.4, -0.2) is 64.5 Å². The third-order valence-electron chi connectivity index (χ3n) is 10.9. The smallest absolute Gasteiger partial charge is 0.352 e. The average Bonchev–Trinajstić information content (AvgIpc) is 3.40. The monoisotopic (exact) mass is 637 g/mol. The van der Waals surface area contributed by atoms with Crippen LogP contribution in [0.4, 0.5) is 0 Å². The number of hydrogen-bond donors (Lipinski definition) is 2. The van der Waals surface area contributed by atoms with Crippen molar-refractivity contribution in [3.05, 3.63) is 47.2 Å². The largest absolute Gasteiger partial charge is 0.504 e. The van der Waals surface area contributed by atoms with Gasteiger partial charge in [0, 0.05) is 24.4 Å². The second-order valence-electron chi connectivity index (χ2n) is 14.0. The zero-order valence-electron chi connectivity index (χ0n) is 28.2. The quantitative estimate of drug-likeness (QED) is 0.0991. The first-order valence-electron chi connectivity index (χ1n) is 17.9. The summed E-state index contributed by atoms with van der Waals surface area (Å²) in [5.41, 5.74) is -0.0818. The van der Waals surface area contributed by atoms with Crippen LogP contribution in [0, 0.1) is 0 Å². The fourth-order valence-corrected chi connectivity index (χ4v) is 8.28. The van der Waals surface area contributed by atoms with Crippen molar-refractivity contribution in [2.24, 2.45) is 0 Å². The predicted octanol–water partition coefficient (Wildman–Crippen LogP) is 7.18. The number of likely N-dealkylation sites (tertiary alicyclic amines) is 1. The molecule has 8 nitrogen and oxygen atoms in total. The summed E-state index contributed by atoms with van der Waals surface area (Å²) in [6.45, 7) is 4.52. The highest BCUT2D eigenvalue weighted by Gasteiger charge is 2.72. The first-order valence-corrected chi connectivity index (χ1v) is 17.9. The van der Waals surface area contributed by atoms with Gasteiger partial charge < -0.3 is 29.3 Å². The Balaban J connectivity index is 1.03. The molecule has 2 bridgehead atoms. The Hall–Kier alpha value is -2.84. The molecule has 46 heavy (non-hydrogen) atoms. The SMILES string of the molecule is CCCCCCCC/C=C\CCCCCCCC(=O)O[C@@H](C)C(=O)OC1=CC[C@@]2(O)[C@H]3Cc4ccc(O)c5c4[C@@]2(CCN3C)[C@H]1O5. The minimum Gasteiger partial charge on any atom is -0.504 e. The number of aromatic hydroxyl groups is 1. The Morgan fingerprint density at radius 3 is 2.43 bits per heavy atom. The molecule has 0 unspecified atom stereocenters. The van der Waals surface area contributed by atoms with Crippen molar-refractivity contribution < 1.29 is 34.0 Å². The third-order valence-corrected chi connectivity index (χ3v) is 10.9. The van der Waals surface area contributed by atoms with E-state index < -0.39 is 35.2 Å². The topological polar surface area (TPSA) is 106 Å². The van der Waals surface area contributed by atoms with E-state index in [1.54, 1.807) is 12.1 Å². The molecule has 2 heterocycles. The van der Waals surface area contributed by atoms with Gasteiger partial charge in [-0.1, -0.05) is 76.5 Å². The summed E-state index contributed by atoms with van der Waals surface area (Å²) in [5.74, 6) is -0.382. The number of carbonyl (C=O) groups excluding carboxylic acids is 2. The number of carbonyl (C=O) groups is 2. The van der Waals surface area contributed by atoms with Crippen LogP contribution in [-0.2, 0) is 30.9 Å².